The van der Waals surface area contributed by atoms with Gasteiger partial charge in [0, 0.05) is 61.1 Å². The Kier molecular flexibility index (Phi) is 6.95. The second-order valence-corrected chi connectivity index (χ2v) is 14.7. The maximum absolute atomic E-state index is 6.36. The molecule has 2 atom stereocenters. The Balaban J connectivity index is 1.17. The minimum absolute atomic E-state index is 0.0141. The maximum atomic E-state index is 6.36. The molecule has 0 spiro atoms. The zero-order valence-electron chi connectivity index (χ0n) is 30.7. The van der Waals surface area contributed by atoms with Gasteiger partial charge in [0.1, 0.15) is 11.9 Å². The summed E-state index contributed by atoms with van der Waals surface area (Å²) in [5.41, 5.74) is 10.4. The van der Waals surface area contributed by atoms with Crippen molar-refractivity contribution >= 4 is 43.6 Å². The average Bonchev–Trinajstić information content (AvgIpc) is 3.94. The Morgan fingerprint density at radius 1 is 0.439 bits per heavy atom. The van der Waals surface area contributed by atoms with E-state index in [0.717, 1.165) is 72.2 Å². The van der Waals surface area contributed by atoms with E-state index in [-0.39, 0.29) is 12.0 Å². The van der Waals surface area contributed by atoms with Gasteiger partial charge >= 0.3 is 0 Å². The van der Waals surface area contributed by atoms with Crippen molar-refractivity contribution in [2.75, 3.05) is 0 Å². The molecule has 2 unspecified atom stereocenters. The molecular weight excluding hydrogens is 699 g/mol. The third kappa shape index (κ3) is 4.87. The van der Waals surface area contributed by atoms with E-state index in [4.69, 9.17) is 19.7 Å². The zero-order chi connectivity index (χ0) is 37.5. The van der Waals surface area contributed by atoms with E-state index in [2.05, 4.69) is 197 Å². The molecule has 0 saturated heterocycles. The van der Waals surface area contributed by atoms with Gasteiger partial charge in [-0.25, -0.2) is 15.0 Å². The van der Waals surface area contributed by atoms with E-state index in [1.165, 1.54) is 10.8 Å². The lowest BCUT2D eigenvalue weighted by molar-refractivity contribution is 0.269. The second kappa shape index (κ2) is 12.5. The van der Waals surface area contributed by atoms with Gasteiger partial charge in [0.05, 0.1) is 22.1 Å². The molecular formula is C51H33N5O. The van der Waals surface area contributed by atoms with Gasteiger partial charge in [0.25, 0.3) is 0 Å². The quantitative estimate of drug-likeness (QED) is 0.177. The van der Waals surface area contributed by atoms with E-state index in [1.54, 1.807) is 0 Å². The van der Waals surface area contributed by atoms with Gasteiger partial charge in [-0.05, 0) is 72.8 Å². The lowest BCUT2D eigenvalue weighted by atomic mass is 9.91. The summed E-state index contributed by atoms with van der Waals surface area (Å²) in [5.74, 6) is 2.85. The van der Waals surface area contributed by atoms with Crippen LogP contribution in [-0.4, -0.2) is 30.2 Å². The predicted molar refractivity (Wildman–Crippen MR) is 230 cm³/mol. The van der Waals surface area contributed by atoms with Gasteiger partial charge in [-0.2, -0.15) is 0 Å². The number of para-hydroxylation sites is 6. The van der Waals surface area contributed by atoms with Gasteiger partial charge in [-0.3, -0.25) is 0 Å². The summed E-state index contributed by atoms with van der Waals surface area (Å²) in [5, 5.41) is 4.62. The first-order chi connectivity index (χ1) is 28.3. The number of nitrogens with zero attached hydrogens (tertiary/aromatic N) is 5. The first-order valence-electron chi connectivity index (χ1n) is 19.4. The molecule has 268 valence electrons. The number of allylic oxidation sites excluding steroid dienone is 2. The highest BCUT2D eigenvalue weighted by Gasteiger charge is 2.32. The molecule has 0 saturated carbocycles. The van der Waals surface area contributed by atoms with Crippen LogP contribution < -0.4 is 4.74 Å². The molecule has 7 aromatic carbocycles. The van der Waals surface area contributed by atoms with Crippen LogP contribution in [0.3, 0.4) is 0 Å². The number of ether oxygens (including phenoxy) is 1. The van der Waals surface area contributed by atoms with Crippen LogP contribution in [0.25, 0.3) is 89.2 Å². The van der Waals surface area contributed by atoms with Gasteiger partial charge in [-0.1, -0.05) is 115 Å². The first-order valence-corrected chi connectivity index (χ1v) is 19.4. The van der Waals surface area contributed by atoms with Crippen molar-refractivity contribution in [3.05, 3.63) is 194 Å². The normalized spacial score (nSPS) is 15.7. The van der Waals surface area contributed by atoms with Crippen LogP contribution in [-0.2, 0) is 0 Å². The average molecular weight is 732 g/mol. The standard InChI is InChI=1S/C51H33N5O/c1-3-15-33(16-4-1)55-43-26-10-7-19-35(43)38-22-13-24-40(47(38)55)50-52-49(32-29-30-46-42(31-32)37-21-9-12-28-45(37)57-46)53-51(54-50)41-25-14-23-39-36-20-8-11-27-44(36)56(48(39)41)34-17-5-2-6-18-34/h1-31,37,45H. The molecule has 12 rings (SSSR count). The van der Waals surface area contributed by atoms with Crippen LogP contribution in [0.4, 0.5) is 0 Å². The van der Waals surface area contributed by atoms with Crippen molar-refractivity contribution in [1.29, 1.82) is 0 Å². The van der Waals surface area contributed by atoms with Crippen LogP contribution >= 0.6 is 0 Å². The Hall–Kier alpha value is -7.57. The van der Waals surface area contributed by atoms with Gasteiger partial charge in [0.15, 0.2) is 17.5 Å². The molecule has 2 aliphatic rings. The van der Waals surface area contributed by atoms with Crippen LogP contribution in [0.2, 0.25) is 0 Å². The number of rotatable bonds is 5. The Morgan fingerprint density at radius 2 is 0.947 bits per heavy atom. The Labute approximate surface area is 328 Å². The van der Waals surface area contributed by atoms with E-state index in [9.17, 15) is 0 Å². The number of hydrogen-bond acceptors (Lipinski definition) is 4. The summed E-state index contributed by atoms with van der Waals surface area (Å²) in [6.45, 7) is 0. The highest BCUT2D eigenvalue weighted by atomic mass is 16.5. The van der Waals surface area contributed by atoms with Gasteiger partial charge < -0.3 is 13.9 Å². The number of aromatic nitrogens is 5. The zero-order valence-corrected chi connectivity index (χ0v) is 30.7. The molecule has 0 N–H and O–H groups in total. The first kappa shape index (κ1) is 31.7. The molecule has 6 heteroatoms. The highest BCUT2D eigenvalue weighted by Crippen LogP contribution is 2.44. The summed E-state index contributed by atoms with van der Waals surface area (Å²) in [6, 6.07) is 57.6. The third-order valence-electron chi connectivity index (χ3n) is 11.5. The third-order valence-corrected chi connectivity index (χ3v) is 11.5. The largest absolute Gasteiger partial charge is 0.485 e. The lowest BCUT2D eigenvalue weighted by Gasteiger charge is -2.15. The van der Waals surface area contributed by atoms with Crippen LogP contribution in [0.1, 0.15) is 11.5 Å². The van der Waals surface area contributed by atoms with Crippen LogP contribution in [0.5, 0.6) is 5.75 Å². The topological polar surface area (TPSA) is 57.8 Å². The molecule has 0 amide bonds. The molecule has 1 aliphatic heterocycles. The lowest BCUT2D eigenvalue weighted by Crippen LogP contribution is -2.15. The minimum atomic E-state index is -0.0141. The van der Waals surface area contributed by atoms with Crippen molar-refractivity contribution in [1.82, 2.24) is 24.1 Å². The molecule has 6 nitrogen and oxygen atoms in total. The maximum Gasteiger partial charge on any atom is 0.166 e. The summed E-state index contributed by atoms with van der Waals surface area (Å²) in [7, 11) is 0. The summed E-state index contributed by atoms with van der Waals surface area (Å²) in [4.78, 5) is 16.2. The molecule has 3 aromatic heterocycles. The SMILES string of the molecule is C1=CC2Oc3ccc(-c4nc(-c5cccc6c7ccccc7n(-c7ccccc7)c56)nc(-c5cccc6c7ccccc7n(-c7ccccc7)c56)n4)cc3C2C=C1. The minimum Gasteiger partial charge on any atom is -0.485 e. The molecule has 4 heterocycles. The molecule has 0 fully saturated rings. The van der Waals surface area contributed by atoms with Gasteiger partial charge in [-0.15, -0.1) is 0 Å². The second-order valence-electron chi connectivity index (χ2n) is 14.7. The highest BCUT2D eigenvalue weighted by molar-refractivity contribution is 6.15. The predicted octanol–water partition coefficient (Wildman–Crippen LogP) is 12.0. The van der Waals surface area contributed by atoms with Crippen molar-refractivity contribution in [2.45, 2.75) is 12.0 Å². The fourth-order valence-electron chi connectivity index (χ4n) is 9.02. The fourth-order valence-corrected chi connectivity index (χ4v) is 9.02. The molecule has 0 bridgehead atoms. The Bertz CT molecular complexity index is 3110. The smallest absolute Gasteiger partial charge is 0.166 e. The monoisotopic (exact) mass is 731 g/mol. The molecule has 57 heavy (non-hydrogen) atoms. The van der Waals surface area contributed by atoms with Crippen molar-refractivity contribution in [3.8, 4) is 51.3 Å². The molecule has 1 aliphatic carbocycles. The number of hydrogen-bond donors (Lipinski definition) is 0. The summed E-state index contributed by atoms with van der Waals surface area (Å²) >= 11 is 0. The molecule has 0 radical (unpaired) electrons. The number of fused-ring (bicyclic) bond motifs is 9. The van der Waals surface area contributed by atoms with Crippen molar-refractivity contribution in [3.63, 3.8) is 0 Å². The van der Waals surface area contributed by atoms with E-state index in [1.807, 2.05) is 0 Å². The van der Waals surface area contributed by atoms with E-state index < -0.39 is 0 Å². The van der Waals surface area contributed by atoms with Crippen molar-refractivity contribution < 1.29 is 4.74 Å². The van der Waals surface area contributed by atoms with Crippen LogP contribution in [0, 0.1) is 0 Å². The van der Waals surface area contributed by atoms with Gasteiger partial charge in [0.2, 0.25) is 0 Å². The Morgan fingerprint density at radius 3 is 1.54 bits per heavy atom. The van der Waals surface area contributed by atoms with Crippen LogP contribution in [0.15, 0.2) is 188 Å². The van der Waals surface area contributed by atoms with E-state index >= 15 is 0 Å². The fraction of sp³-hybridized carbons (Fsp3) is 0.0392. The van der Waals surface area contributed by atoms with E-state index in [0.29, 0.717) is 17.5 Å². The summed E-state index contributed by atoms with van der Waals surface area (Å²) in [6.07, 6.45) is 8.49. The summed E-state index contributed by atoms with van der Waals surface area (Å²) < 4.78 is 11.0. The van der Waals surface area contributed by atoms with Crippen molar-refractivity contribution in [2.24, 2.45) is 0 Å². The molecule has 10 aromatic rings. The number of benzene rings is 7.